The second-order valence-corrected chi connectivity index (χ2v) is 4.79. The first-order chi connectivity index (χ1) is 9.45. The van der Waals surface area contributed by atoms with Crippen LogP contribution >= 0.6 is 15.9 Å². The van der Waals surface area contributed by atoms with Gasteiger partial charge in [0.05, 0.1) is 5.69 Å². The average molecular weight is 342 g/mol. The summed E-state index contributed by atoms with van der Waals surface area (Å²) in [4.78, 5) is 11.7. The molecule has 0 aliphatic carbocycles. The molecule has 20 heavy (non-hydrogen) atoms. The summed E-state index contributed by atoms with van der Waals surface area (Å²) in [5.74, 6) is -1.57. The Labute approximate surface area is 122 Å². The molecular formula is C13H10BrF2N3O. The number of urea groups is 1. The number of nitrogens with one attached hydrogen (secondary N) is 2. The second kappa shape index (κ2) is 5.87. The number of nitrogen functional groups attached to an aromatic ring is 1. The second-order valence-electron chi connectivity index (χ2n) is 3.94. The van der Waals surface area contributed by atoms with Crippen LogP contribution in [0.1, 0.15) is 0 Å². The van der Waals surface area contributed by atoms with E-state index in [0.29, 0.717) is 21.9 Å². The van der Waals surface area contributed by atoms with Gasteiger partial charge in [-0.3, -0.25) is 0 Å². The Bertz CT molecular complexity index is 664. The maximum atomic E-state index is 13.4. The van der Waals surface area contributed by atoms with Gasteiger partial charge in [-0.25, -0.2) is 13.6 Å². The summed E-state index contributed by atoms with van der Waals surface area (Å²) >= 11 is 3.23. The minimum Gasteiger partial charge on any atom is -0.398 e. The third-order valence-electron chi connectivity index (χ3n) is 2.43. The number of benzene rings is 2. The molecule has 0 aromatic heterocycles. The topological polar surface area (TPSA) is 67.1 Å². The van der Waals surface area contributed by atoms with Gasteiger partial charge in [0.1, 0.15) is 11.6 Å². The lowest BCUT2D eigenvalue weighted by molar-refractivity contribution is 0.262. The van der Waals surface area contributed by atoms with E-state index in [4.69, 9.17) is 5.73 Å². The maximum Gasteiger partial charge on any atom is 0.323 e. The van der Waals surface area contributed by atoms with Crippen LogP contribution < -0.4 is 16.4 Å². The molecule has 4 N–H and O–H groups in total. The molecule has 0 radical (unpaired) electrons. The summed E-state index contributed by atoms with van der Waals surface area (Å²) in [6.45, 7) is 0. The minimum absolute atomic E-state index is 0.117. The van der Waals surface area contributed by atoms with E-state index in [0.717, 1.165) is 12.1 Å². The van der Waals surface area contributed by atoms with Crippen LogP contribution in [0.5, 0.6) is 0 Å². The standard InChI is InChI=1S/C13H10BrF2N3O/c14-9-3-2-8(6-11(9)17)18-13(20)19-12-4-1-7(15)5-10(12)16/h1-6H,17H2,(H2,18,19,20). The number of carbonyl (C=O) groups is 1. The number of hydrogen-bond acceptors (Lipinski definition) is 2. The number of rotatable bonds is 2. The van der Waals surface area contributed by atoms with E-state index in [1.165, 1.54) is 0 Å². The molecule has 2 aromatic carbocycles. The van der Waals surface area contributed by atoms with Crippen LogP contribution in [0.2, 0.25) is 0 Å². The molecule has 0 saturated carbocycles. The number of halogens is 3. The zero-order chi connectivity index (χ0) is 14.7. The SMILES string of the molecule is Nc1cc(NC(=O)Nc2ccc(F)cc2F)ccc1Br. The lowest BCUT2D eigenvalue weighted by Crippen LogP contribution is -2.20. The van der Waals surface area contributed by atoms with Gasteiger partial charge in [-0.15, -0.1) is 0 Å². The molecule has 0 atom stereocenters. The van der Waals surface area contributed by atoms with Gasteiger partial charge in [0.2, 0.25) is 0 Å². The molecule has 0 fully saturated rings. The summed E-state index contributed by atoms with van der Waals surface area (Å²) in [6.07, 6.45) is 0. The first-order valence-electron chi connectivity index (χ1n) is 5.54. The molecule has 7 heteroatoms. The smallest absolute Gasteiger partial charge is 0.323 e. The molecule has 0 spiro atoms. The highest BCUT2D eigenvalue weighted by Gasteiger charge is 2.08. The largest absolute Gasteiger partial charge is 0.398 e. The Hall–Kier alpha value is -2.15. The Morgan fingerprint density at radius 1 is 1.10 bits per heavy atom. The van der Waals surface area contributed by atoms with Crippen molar-refractivity contribution >= 4 is 39.0 Å². The lowest BCUT2D eigenvalue weighted by Gasteiger charge is -2.09. The fourth-order valence-corrected chi connectivity index (χ4v) is 1.74. The number of nitrogens with two attached hydrogens (primary N) is 1. The van der Waals surface area contributed by atoms with Crippen molar-refractivity contribution in [3.63, 3.8) is 0 Å². The molecule has 0 bridgehead atoms. The van der Waals surface area contributed by atoms with Crippen LogP contribution in [-0.2, 0) is 0 Å². The third-order valence-corrected chi connectivity index (χ3v) is 3.16. The van der Waals surface area contributed by atoms with Gasteiger partial charge in [0.25, 0.3) is 0 Å². The predicted molar refractivity (Wildman–Crippen MR) is 77.6 cm³/mol. The van der Waals surface area contributed by atoms with Crippen molar-refractivity contribution in [3.8, 4) is 0 Å². The number of carbonyl (C=O) groups excluding carboxylic acids is 1. The van der Waals surface area contributed by atoms with Crippen LogP contribution in [0.15, 0.2) is 40.9 Å². The molecule has 104 valence electrons. The third kappa shape index (κ3) is 3.45. The fraction of sp³-hybridized carbons (Fsp3) is 0. The van der Waals surface area contributed by atoms with E-state index in [2.05, 4.69) is 26.6 Å². The summed E-state index contributed by atoms with van der Waals surface area (Å²) in [7, 11) is 0. The van der Waals surface area contributed by atoms with Crippen LogP contribution in [0.4, 0.5) is 30.6 Å². The zero-order valence-electron chi connectivity index (χ0n) is 10.1. The highest BCUT2D eigenvalue weighted by atomic mass is 79.9. The zero-order valence-corrected chi connectivity index (χ0v) is 11.7. The number of hydrogen-bond donors (Lipinski definition) is 3. The molecule has 0 saturated heterocycles. The molecule has 2 rings (SSSR count). The van der Waals surface area contributed by atoms with Crippen molar-refractivity contribution in [2.24, 2.45) is 0 Å². The number of anilines is 3. The molecule has 2 aromatic rings. The van der Waals surface area contributed by atoms with Gasteiger partial charge in [0, 0.05) is 21.9 Å². The highest BCUT2D eigenvalue weighted by molar-refractivity contribution is 9.10. The molecule has 4 nitrogen and oxygen atoms in total. The van der Waals surface area contributed by atoms with Crippen LogP contribution in [0.25, 0.3) is 0 Å². The minimum atomic E-state index is -0.851. The van der Waals surface area contributed by atoms with Crippen LogP contribution in [0.3, 0.4) is 0 Å². The van der Waals surface area contributed by atoms with E-state index in [9.17, 15) is 13.6 Å². The highest BCUT2D eigenvalue weighted by Crippen LogP contribution is 2.23. The summed E-state index contributed by atoms with van der Waals surface area (Å²) in [5, 5.41) is 4.76. The Morgan fingerprint density at radius 2 is 1.85 bits per heavy atom. The van der Waals surface area contributed by atoms with Crippen molar-refractivity contribution in [1.29, 1.82) is 0 Å². The van der Waals surface area contributed by atoms with E-state index in [-0.39, 0.29) is 5.69 Å². The number of amides is 2. The summed E-state index contributed by atoms with van der Waals surface area (Å²) in [5.41, 5.74) is 6.46. The maximum absolute atomic E-state index is 13.4. The molecule has 2 amide bonds. The Kier molecular flexibility index (Phi) is 4.19. The van der Waals surface area contributed by atoms with Gasteiger partial charge in [0.15, 0.2) is 0 Å². The Balaban J connectivity index is 2.07. The molecule has 0 unspecified atom stereocenters. The predicted octanol–water partition coefficient (Wildman–Crippen LogP) is 3.95. The van der Waals surface area contributed by atoms with Crippen molar-refractivity contribution < 1.29 is 13.6 Å². The van der Waals surface area contributed by atoms with Crippen molar-refractivity contribution in [2.45, 2.75) is 0 Å². The molecule has 0 aliphatic rings. The van der Waals surface area contributed by atoms with E-state index < -0.39 is 17.7 Å². The summed E-state index contributed by atoms with van der Waals surface area (Å²) < 4.78 is 26.8. The first kappa shape index (κ1) is 14.3. The van der Waals surface area contributed by atoms with E-state index in [1.807, 2.05) is 0 Å². The van der Waals surface area contributed by atoms with E-state index >= 15 is 0 Å². The average Bonchev–Trinajstić information content (AvgIpc) is 2.37. The summed E-state index contributed by atoms with van der Waals surface area (Å²) in [6, 6.07) is 7.07. The van der Waals surface area contributed by atoms with Crippen molar-refractivity contribution in [1.82, 2.24) is 0 Å². The molecular weight excluding hydrogens is 332 g/mol. The van der Waals surface area contributed by atoms with Crippen molar-refractivity contribution in [3.05, 3.63) is 52.5 Å². The van der Waals surface area contributed by atoms with Gasteiger partial charge in [-0.1, -0.05) is 0 Å². The van der Waals surface area contributed by atoms with Gasteiger partial charge < -0.3 is 16.4 Å². The van der Waals surface area contributed by atoms with Crippen molar-refractivity contribution in [2.75, 3.05) is 16.4 Å². The van der Waals surface area contributed by atoms with Gasteiger partial charge >= 0.3 is 6.03 Å². The monoisotopic (exact) mass is 341 g/mol. The quantitative estimate of drug-likeness (QED) is 0.724. The first-order valence-corrected chi connectivity index (χ1v) is 6.33. The van der Waals surface area contributed by atoms with Gasteiger partial charge in [-0.2, -0.15) is 0 Å². The molecule has 0 aliphatic heterocycles. The van der Waals surface area contributed by atoms with Crippen LogP contribution in [-0.4, -0.2) is 6.03 Å². The lowest BCUT2D eigenvalue weighted by atomic mass is 10.3. The fourth-order valence-electron chi connectivity index (χ4n) is 1.50. The van der Waals surface area contributed by atoms with Crippen LogP contribution in [0, 0.1) is 11.6 Å². The normalized spacial score (nSPS) is 10.2. The molecule has 0 heterocycles. The Morgan fingerprint density at radius 3 is 2.50 bits per heavy atom. The van der Waals surface area contributed by atoms with Gasteiger partial charge in [-0.05, 0) is 46.3 Å². The van der Waals surface area contributed by atoms with E-state index in [1.54, 1.807) is 18.2 Å².